The van der Waals surface area contributed by atoms with E-state index in [2.05, 4.69) is 4.74 Å². The largest absolute Gasteiger partial charge is 0.466 e. The van der Waals surface area contributed by atoms with Gasteiger partial charge in [0.15, 0.2) is 0 Å². The summed E-state index contributed by atoms with van der Waals surface area (Å²) in [5.41, 5.74) is 0.432. The second-order valence-corrected chi connectivity index (χ2v) is 4.47. The molecule has 1 rings (SSSR count). The molecule has 0 radical (unpaired) electrons. The fourth-order valence-corrected chi connectivity index (χ4v) is 1.79. The highest BCUT2D eigenvalue weighted by atomic mass is 16.5. The molecular formula is C14H21NO5. The van der Waals surface area contributed by atoms with Crippen molar-refractivity contribution in [3.63, 3.8) is 0 Å². The van der Waals surface area contributed by atoms with E-state index in [4.69, 9.17) is 9.15 Å². The summed E-state index contributed by atoms with van der Waals surface area (Å²) in [6, 6.07) is 1.67. The maximum atomic E-state index is 11.5. The Morgan fingerprint density at radius 3 is 2.70 bits per heavy atom. The normalized spacial score (nSPS) is 10.7. The van der Waals surface area contributed by atoms with Crippen molar-refractivity contribution in [2.75, 3.05) is 27.3 Å². The minimum Gasteiger partial charge on any atom is -0.466 e. The summed E-state index contributed by atoms with van der Waals surface area (Å²) < 4.78 is 15.0. The summed E-state index contributed by atoms with van der Waals surface area (Å²) in [4.78, 5) is 24.6. The second-order valence-electron chi connectivity index (χ2n) is 4.47. The van der Waals surface area contributed by atoms with Crippen molar-refractivity contribution in [1.29, 1.82) is 0 Å². The first-order valence-corrected chi connectivity index (χ1v) is 6.49. The smallest absolute Gasteiger partial charge is 0.341 e. The first-order chi connectivity index (χ1) is 9.47. The molecule has 112 valence electrons. The van der Waals surface area contributed by atoms with Crippen molar-refractivity contribution in [3.8, 4) is 0 Å². The van der Waals surface area contributed by atoms with E-state index in [1.807, 2.05) is 11.9 Å². The molecule has 1 aromatic heterocycles. The molecule has 0 aliphatic carbocycles. The van der Waals surface area contributed by atoms with Crippen molar-refractivity contribution in [2.24, 2.45) is 0 Å². The maximum Gasteiger partial charge on any atom is 0.341 e. The molecule has 0 amide bonds. The predicted molar refractivity (Wildman–Crippen MR) is 72.4 cm³/mol. The van der Waals surface area contributed by atoms with Crippen LogP contribution in [-0.4, -0.2) is 44.1 Å². The third kappa shape index (κ3) is 4.70. The van der Waals surface area contributed by atoms with Crippen LogP contribution in [0.15, 0.2) is 10.5 Å². The van der Waals surface area contributed by atoms with Crippen molar-refractivity contribution in [2.45, 2.75) is 26.8 Å². The molecular weight excluding hydrogens is 262 g/mol. The molecule has 0 atom stereocenters. The summed E-state index contributed by atoms with van der Waals surface area (Å²) in [5, 5.41) is 0. The third-order valence-electron chi connectivity index (χ3n) is 2.80. The molecule has 20 heavy (non-hydrogen) atoms. The molecule has 0 bridgehead atoms. The molecule has 1 heterocycles. The van der Waals surface area contributed by atoms with E-state index in [-0.39, 0.29) is 5.97 Å². The number of nitrogens with zero attached hydrogens (tertiary/aromatic N) is 1. The Morgan fingerprint density at radius 2 is 2.10 bits per heavy atom. The zero-order valence-corrected chi connectivity index (χ0v) is 12.4. The van der Waals surface area contributed by atoms with E-state index in [1.54, 1.807) is 19.9 Å². The van der Waals surface area contributed by atoms with Crippen LogP contribution in [0.25, 0.3) is 0 Å². The molecule has 0 saturated carbocycles. The Kier molecular flexibility index (Phi) is 6.24. The van der Waals surface area contributed by atoms with Gasteiger partial charge in [0.05, 0.1) is 26.7 Å². The highest BCUT2D eigenvalue weighted by molar-refractivity contribution is 5.90. The number of hydrogen-bond acceptors (Lipinski definition) is 6. The van der Waals surface area contributed by atoms with E-state index >= 15 is 0 Å². The third-order valence-corrected chi connectivity index (χ3v) is 2.80. The highest BCUT2D eigenvalue weighted by Crippen LogP contribution is 2.17. The Balaban J connectivity index is 2.52. The van der Waals surface area contributed by atoms with Crippen molar-refractivity contribution in [1.82, 2.24) is 4.90 Å². The summed E-state index contributed by atoms with van der Waals surface area (Å²) in [6.07, 6.45) is 0.327. The average molecular weight is 283 g/mol. The number of methoxy groups -OCH3 is 1. The molecule has 0 aliphatic heterocycles. The SMILES string of the molecule is CCOC(=O)CCN(C)Cc1cc(C(=O)OC)c(C)o1. The van der Waals surface area contributed by atoms with Gasteiger partial charge in [-0.2, -0.15) is 0 Å². The van der Waals surface area contributed by atoms with Crippen LogP contribution in [0.1, 0.15) is 35.2 Å². The van der Waals surface area contributed by atoms with Crippen molar-refractivity contribution >= 4 is 11.9 Å². The molecule has 0 N–H and O–H groups in total. The van der Waals surface area contributed by atoms with E-state index < -0.39 is 5.97 Å². The average Bonchev–Trinajstić information content (AvgIpc) is 2.76. The van der Waals surface area contributed by atoms with Crippen LogP contribution in [-0.2, 0) is 20.8 Å². The Bertz CT molecular complexity index is 466. The Morgan fingerprint density at radius 1 is 1.40 bits per heavy atom. The van der Waals surface area contributed by atoms with Gasteiger partial charge in [-0.05, 0) is 27.0 Å². The number of ether oxygens (including phenoxy) is 2. The summed E-state index contributed by atoms with van der Waals surface area (Å²) in [7, 11) is 3.20. The zero-order chi connectivity index (χ0) is 15.1. The lowest BCUT2D eigenvalue weighted by Crippen LogP contribution is -2.22. The van der Waals surface area contributed by atoms with Crippen LogP contribution in [0.4, 0.5) is 0 Å². The topological polar surface area (TPSA) is 69.0 Å². The molecule has 6 heteroatoms. The first-order valence-electron chi connectivity index (χ1n) is 6.49. The van der Waals surface area contributed by atoms with E-state index in [9.17, 15) is 9.59 Å². The fourth-order valence-electron chi connectivity index (χ4n) is 1.79. The second kappa shape index (κ2) is 7.69. The van der Waals surface area contributed by atoms with Gasteiger partial charge in [0.2, 0.25) is 0 Å². The van der Waals surface area contributed by atoms with Gasteiger partial charge in [0.1, 0.15) is 17.1 Å². The number of furan rings is 1. The Hall–Kier alpha value is -1.82. The number of carbonyl (C=O) groups excluding carboxylic acids is 2. The minimum absolute atomic E-state index is 0.217. The van der Waals surface area contributed by atoms with Crippen LogP contribution >= 0.6 is 0 Å². The molecule has 0 aliphatic rings. The predicted octanol–water partition coefficient (Wildman–Crippen LogP) is 1.76. The summed E-state index contributed by atoms with van der Waals surface area (Å²) in [6.45, 7) is 4.96. The number of aryl methyl sites for hydroxylation is 1. The summed E-state index contributed by atoms with van der Waals surface area (Å²) in [5.74, 6) is 0.566. The number of carbonyl (C=O) groups is 2. The van der Waals surface area contributed by atoms with Crippen LogP contribution < -0.4 is 0 Å². The van der Waals surface area contributed by atoms with Gasteiger partial charge in [-0.15, -0.1) is 0 Å². The van der Waals surface area contributed by atoms with Gasteiger partial charge in [0, 0.05) is 6.54 Å². The molecule has 6 nitrogen and oxygen atoms in total. The van der Waals surface area contributed by atoms with Crippen LogP contribution in [0, 0.1) is 6.92 Å². The molecule has 0 fully saturated rings. The zero-order valence-electron chi connectivity index (χ0n) is 12.4. The monoisotopic (exact) mass is 283 g/mol. The molecule has 1 aromatic rings. The van der Waals surface area contributed by atoms with Gasteiger partial charge in [-0.3, -0.25) is 9.69 Å². The fraction of sp³-hybridized carbons (Fsp3) is 0.571. The van der Waals surface area contributed by atoms with Gasteiger partial charge in [-0.25, -0.2) is 4.79 Å². The number of esters is 2. The van der Waals surface area contributed by atoms with Gasteiger partial charge < -0.3 is 13.9 Å². The van der Waals surface area contributed by atoms with E-state index in [0.717, 1.165) is 0 Å². The van der Waals surface area contributed by atoms with Gasteiger partial charge >= 0.3 is 11.9 Å². The highest BCUT2D eigenvalue weighted by Gasteiger charge is 2.16. The van der Waals surface area contributed by atoms with Gasteiger partial charge in [-0.1, -0.05) is 0 Å². The lowest BCUT2D eigenvalue weighted by molar-refractivity contribution is -0.143. The molecule has 0 saturated heterocycles. The first kappa shape index (κ1) is 16.2. The molecule has 0 aromatic carbocycles. The lowest BCUT2D eigenvalue weighted by Gasteiger charge is -2.14. The number of hydrogen-bond donors (Lipinski definition) is 0. The molecule has 0 unspecified atom stereocenters. The molecule has 0 spiro atoms. The summed E-state index contributed by atoms with van der Waals surface area (Å²) >= 11 is 0. The standard InChI is InChI=1S/C14H21NO5/c1-5-19-13(16)6-7-15(3)9-11-8-12(10(2)20-11)14(17)18-4/h8H,5-7,9H2,1-4H3. The van der Waals surface area contributed by atoms with Gasteiger partial charge in [0.25, 0.3) is 0 Å². The number of rotatable bonds is 7. The lowest BCUT2D eigenvalue weighted by atomic mass is 10.2. The quantitative estimate of drug-likeness (QED) is 0.710. The van der Waals surface area contributed by atoms with Crippen molar-refractivity contribution in [3.05, 3.63) is 23.2 Å². The maximum absolute atomic E-state index is 11.5. The van der Waals surface area contributed by atoms with Crippen LogP contribution in [0.5, 0.6) is 0 Å². The van der Waals surface area contributed by atoms with Crippen LogP contribution in [0.2, 0.25) is 0 Å². The van der Waals surface area contributed by atoms with Crippen molar-refractivity contribution < 1.29 is 23.5 Å². The van der Waals surface area contributed by atoms with E-state index in [0.29, 0.717) is 43.2 Å². The Labute approximate surface area is 118 Å². The van der Waals surface area contributed by atoms with E-state index in [1.165, 1.54) is 7.11 Å². The minimum atomic E-state index is -0.410. The van der Waals surface area contributed by atoms with Crippen LogP contribution in [0.3, 0.4) is 0 Å².